The Morgan fingerprint density at radius 1 is 1.23 bits per heavy atom. The Morgan fingerprint density at radius 3 is 2.50 bits per heavy atom. The van der Waals surface area contributed by atoms with Crippen LogP contribution in [0.2, 0.25) is 0 Å². The lowest BCUT2D eigenvalue weighted by Crippen LogP contribution is -2.32. The SMILES string of the molecule is CCCCc1ccc(C#CCCNC(=O)OC(C)(C)C)cc1. The summed E-state index contributed by atoms with van der Waals surface area (Å²) in [6, 6.07) is 8.38. The zero-order valence-electron chi connectivity index (χ0n) is 14.2. The topological polar surface area (TPSA) is 38.3 Å². The first-order chi connectivity index (χ1) is 10.4. The molecule has 0 atom stereocenters. The van der Waals surface area contributed by atoms with E-state index in [1.807, 2.05) is 20.8 Å². The number of unbranched alkanes of at least 4 members (excludes halogenated alkanes) is 1. The van der Waals surface area contributed by atoms with Gasteiger partial charge in [-0.25, -0.2) is 4.79 Å². The van der Waals surface area contributed by atoms with Crippen molar-refractivity contribution in [2.75, 3.05) is 6.54 Å². The summed E-state index contributed by atoms with van der Waals surface area (Å²) in [6.07, 6.45) is 3.78. The van der Waals surface area contributed by atoms with Gasteiger partial charge in [0.15, 0.2) is 0 Å². The van der Waals surface area contributed by atoms with E-state index in [-0.39, 0.29) is 0 Å². The Balaban J connectivity index is 2.31. The summed E-state index contributed by atoms with van der Waals surface area (Å²) >= 11 is 0. The highest BCUT2D eigenvalue weighted by atomic mass is 16.6. The third-order valence-corrected chi connectivity index (χ3v) is 2.92. The van der Waals surface area contributed by atoms with Crippen LogP contribution in [0.3, 0.4) is 0 Å². The van der Waals surface area contributed by atoms with Crippen LogP contribution in [0.4, 0.5) is 4.79 Å². The maximum absolute atomic E-state index is 11.4. The molecule has 0 unspecified atom stereocenters. The largest absolute Gasteiger partial charge is 0.444 e. The first kappa shape index (κ1) is 18.1. The van der Waals surface area contributed by atoms with Crippen molar-refractivity contribution in [3.8, 4) is 11.8 Å². The molecule has 1 aromatic carbocycles. The molecule has 0 spiro atoms. The highest BCUT2D eigenvalue weighted by Gasteiger charge is 2.15. The Labute approximate surface area is 134 Å². The van der Waals surface area contributed by atoms with Gasteiger partial charge in [0, 0.05) is 18.5 Å². The number of nitrogens with one attached hydrogen (secondary N) is 1. The lowest BCUT2D eigenvalue weighted by atomic mass is 10.1. The van der Waals surface area contributed by atoms with Crippen molar-refractivity contribution in [1.82, 2.24) is 5.32 Å². The van der Waals surface area contributed by atoms with E-state index >= 15 is 0 Å². The van der Waals surface area contributed by atoms with Gasteiger partial charge in [-0.3, -0.25) is 0 Å². The molecule has 1 aromatic rings. The lowest BCUT2D eigenvalue weighted by Gasteiger charge is -2.19. The van der Waals surface area contributed by atoms with Crippen molar-refractivity contribution < 1.29 is 9.53 Å². The molecule has 0 radical (unpaired) electrons. The number of rotatable bonds is 5. The minimum atomic E-state index is -0.463. The molecule has 0 aromatic heterocycles. The Kier molecular flexibility index (Phi) is 7.52. The summed E-state index contributed by atoms with van der Waals surface area (Å²) in [4.78, 5) is 11.4. The Bertz CT molecular complexity index is 515. The van der Waals surface area contributed by atoms with Crippen molar-refractivity contribution in [3.05, 3.63) is 35.4 Å². The van der Waals surface area contributed by atoms with E-state index in [2.05, 4.69) is 48.3 Å². The molecule has 120 valence electrons. The predicted molar refractivity (Wildman–Crippen MR) is 90.8 cm³/mol. The van der Waals surface area contributed by atoms with Crippen LogP contribution >= 0.6 is 0 Å². The van der Waals surface area contributed by atoms with Crippen molar-refractivity contribution in [1.29, 1.82) is 0 Å². The first-order valence-electron chi connectivity index (χ1n) is 7.95. The third-order valence-electron chi connectivity index (χ3n) is 2.92. The average molecular weight is 301 g/mol. The van der Waals surface area contributed by atoms with Crippen molar-refractivity contribution in [2.45, 2.75) is 59.0 Å². The Morgan fingerprint density at radius 2 is 1.91 bits per heavy atom. The number of benzene rings is 1. The predicted octanol–water partition coefficient (Wildman–Crippen LogP) is 4.30. The number of hydrogen-bond donors (Lipinski definition) is 1. The molecule has 0 heterocycles. The van der Waals surface area contributed by atoms with Gasteiger partial charge in [-0.05, 0) is 51.3 Å². The second-order valence-corrected chi connectivity index (χ2v) is 6.28. The summed E-state index contributed by atoms with van der Waals surface area (Å²) in [6.45, 7) is 8.23. The highest BCUT2D eigenvalue weighted by molar-refractivity contribution is 5.67. The second-order valence-electron chi connectivity index (χ2n) is 6.28. The summed E-state index contributed by atoms with van der Waals surface area (Å²) < 4.78 is 5.15. The minimum Gasteiger partial charge on any atom is -0.444 e. The van der Waals surface area contributed by atoms with Crippen molar-refractivity contribution in [2.24, 2.45) is 0 Å². The third kappa shape index (κ3) is 8.36. The van der Waals surface area contributed by atoms with Crippen LogP contribution in [-0.2, 0) is 11.2 Å². The van der Waals surface area contributed by atoms with Gasteiger partial charge in [0.2, 0.25) is 0 Å². The van der Waals surface area contributed by atoms with E-state index in [1.54, 1.807) is 0 Å². The van der Waals surface area contributed by atoms with Crippen LogP contribution in [0.1, 0.15) is 58.1 Å². The van der Waals surface area contributed by atoms with Crippen molar-refractivity contribution >= 4 is 6.09 Å². The molecule has 0 fully saturated rings. The number of hydrogen-bond acceptors (Lipinski definition) is 2. The average Bonchev–Trinajstić information content (AvgIpc) is 2.44. The number of aryl methyl sites for hydroxylation is 1. The van der Waals surface area contributed by atoms with E-state index in [0.717, 1.165) is 12.0 Å². The van der Waals surface area contributed by atoms with Gasteiger partial charge in [0.05, 0.1) is 0 Å². The molecule has 22 heavy (non-hydrogen) atoms. The van der Waals surface area contributed by atoms with Gasteiger partial charge >= 0.3 is 6.09 Å². The first-order valence-corrected chi connectivity index (χ1v) is 7.95. The highest BCUT2D eigenvalue weighted by Crippen LogP contribution is 2.07. The van der Waals surface area contributed by atoms with Crippen LogP contribution in [0.15, 0.2) is 24.3 Å². The fourth-order valence-corrected chi connectivity index (χ4v) is 1.84. The van der Waals surface area contributed by atoms with Crippen LogP contribution < -0.4 is 5.32 Å². The molecule has 3 nitrogen and oxygen atoms in total. The van der Waals surface area contributed by atoms with Gasteiger partial charge in [0.25, 0.3) is 0 Å². The molecule has 1 N–H and O–H groups in total. The molecule has 0 bridgehead atoms. The fourth-order valence-electron chi connectivity index (χ4n) is 1.84. The minimum absolute atomic E-state index is 0.394. The molecule has 3 heteroatoms. The zero-order chi connectivity index (χ0) is 16.4. The van der Waals surface area contributed by atoms with Crippen molar-refractivity contribution in [3.63, 3.8) is 0 Å². The maximum Gasteiger partial charge on any atom is 0.407 e. The summed E-state index contributed by atoms with van der Waals surface area (Å²) in [5.41, 5.74) is 1.91. The molecule has 0 aliphatic heterocycles. The van der Waals surface area contributed by atoms with Crippen LogP contribution in [0, 0.1) is 11.8 Å². The van der Waals surface area contributed by atoms with Crippen LogP contribution in [0.25, 0.3) is 0 Å². The maximum atomic E-state index is 11.4. The number of carbonyl (C=O) groups excluding carboxylic acids is 1. The smallest absolute Gasteiger partial charge is 0.407 e. The number of carbonyl (C=O) groups is 1. The summed E-state index contributed by atoms with van der Waals surface area (Å²) in [5.74, 6) is 6.17. The molecule has 0 saturated carbocycles. The quantitative estimate of drug-likeness (QED) is 0.650. The van der Waals surface area contributed by atoms with E-state index < -0.39 is 11.7 Å². The van der Waals surface area contributed by atoms with Gasteiger partial charge in [-0.2, -0.15) is 0 Å². The molecule has 0 saturated heterocycles. The number of ether oxygens (including phenoxy) is 1. The second kappa shape index (κ2) is 9.15. The lowest BCUT2D eigenvalue weighted by molar-refractivity contribution is 0.0529. The van der Waals surface area contributed by atoms with Crippen LogP contribution in [0.5, 0.6) is 0 Å². The number of alkyl carbamates (subject to hydrolysis) is 1. The summed E-state index contributed by atoms with van der Waals surface area (Å²) in [5, 5.41) is 2.69. The monoisotopic (exact) mass is 301 g/mol. The molecule has 1 amide bonds. The molecule has 0 aliphatic carbocycles. The molecular weight excluding hydrogens is 274 g/mol. The van der Waals surface area contributed by atoms with Gasteiger partial charge < -0.3 is 10.1 Å². The normalized spacial score (nSPS) is 10.5. The summed E-state index contributed by atoms with van der Waals surface area (Å²) in [7, 11) is 0. The molecule has 1 rings (SSSR count). The van der Waals surface area contributed by atoms with E-state index in [0.29, 0.717) is 13.0 Å². The van der Waals surface area contributed by atoms with Gasteiger partial charge in [-0.15, -0.1) is 0 Å². The molecular formula is C19H27NO2. The standard InChI is InChI=1S/C19H27NO2/c1-5-6-9-16-11-13-17(14-12-16)10-7-8-15-20-18(21)22-19(2,3)4/h11-14H,5-6,8-9,15H2,1-4H3,(H,20,21). The molecule has 0 aliphatic rings. The fraction of sp³-hybridized carbons (Fsp3) is 0.526. The van der Waals surface area contributed by atoms with E-state index in [1.165, 1.54) is 18.4 Å². The van der Waals surface area contributed by atoms with E-state index in [4.69, 9.17) is 4.74 Å². The Hall–Kier alpha value is -1.95. The van der Waals surface area contributed by atoms with E-state index in [9.17, 15) is 4.79 Å². The zero-order valence-corrected chi connectivity index (χ0v) is 14.2. The number of amides is 1. The van der Waals surface area contributed by atoms with Gasteiger partial charge in [0.1, 0.15) is 5.60 Å². The van der Waals surface area contributed by atoms with Crippen LogP contribution in [-0.4, -0.2) is 18.2 Å². The van der Waals surface area contributed by atoms with Gasteiger partial charge in [-0.1, -0.05) is 37.3 Å².